The quantitative estimate of drug-likeness (QED) is 0.866. The van der Waals surface area contributed by atoms with Crippen LogP contribution in [0.25, 0.3) is 0 Å². The zero-order chi connectivity index (χ0) is 15.5. The molecule has 5 heteroatoms. The second-order valence-electron chi connectivity index (χ2n) is 6.34. The van der Waals surface area contributed by atoms with Crippen molar-refractivity contribution in [3.8, 4) is 0 Å². The molecule has 0 saturated carbocycles. The van der Waals surface area contributed by atoms with E-state index in [9.17, 15) is 0 Å². The van der Waals surface area contributed by atoms with Gasteiger partial charge in [-0.15, -0.1) is 0 Å². The van der Waals surface area contributed by atoms with Gasteiger partial charge in [0.2, 0.25) is 5.13 Å². The van der Waals surface area contributed by atoms with Crippen LogP contribution in [0.15, 0.2) is 24.3 Å². The summed E-state index contributed by atoms with van der Waals surface area (Å²) in [6.07, 6.45) is 0. The fourth-order valence-corrected chi connectivity index (χ4v) is 3.61. The SMILES string of the molecule is Cc1cccc(CN2CCN(c3nc(C(C)C)ns3)CC2)c1. The monoisotopic (exact) mass is 316 g/mol. The van der Waals surface area contributed by atoms with Crippen molar-refractivity contribution in [1.82, 2.24) is 14.3 Å². The van der Waals surface area contributed by atoms with Gasteiger partial charge in [-0.25, -0.2) is 4.98 Å². The van der Waals surface area contributed by atoms with Crippen LogP contribution in [-0.2, 0) is 6.54 Å². The van der Waals surface area contributed by atoms with E-state index in [1.54, 1.807) is 0 Å². The Kier molecular flexibility index (Phi) is 4.74. The van der Waals surface area contributed by atoms with Crippen LogP contribution in [0.1, 0.15) is 36.7 Å². The average molecular weight is 316 g/mol. The molecule has 0 unspecified atom stereocenters. The Hall–Kier alpha value is -1.46. The van der Waals surface area contributed by atoms with Gasteiger partial charge in [0.1, 0.15) is 5.82 Å². The summed E-state index contributed by atoms with van der Waals surface area (Å²) in [5.74, 6) is 1.38. The molecule has 2 aromatic rings. The first kappa shape index (κ1) is 15.4. The summed E-state index contributed by atoms with van der Waals surface area (Å²) in [5.41, 5.74) is 2.75. The summed E-state index contributed by atoms with van der Waals surface area (Å²) in [6, 6.07) is 8.81. The zero-order valence-corrected chi connectivity index (χ0v) is 14.4. The molecule has 1 aromatic carbocycles. The third-order valence-electron chi connectivity index (χ3n) is 4.08. The van der Waals surface area contributed by atoms with E-state index in [1.807, 2.05) is 0 Å². The Bertz CT molecular complexity index is 615. The van der Waals surface area contributed by atoms with Crippen LogP contribution in [0.2, 0.25) is 0 Å². The van der Waals surface area contributed by atoms with Gasteiger partial charge in [-0.3, -0.25) is 4.90 Å². The first-order valence-electron chi connectivity index (χ1n) is 7.98. The summed E-state index contributed by atoms with van der Waals surface area (Å²) < 4.78 is 4.46. The third kappa shape index (κ3) is 3.65. The largest absolute Gasteiger partial charge is 0.344 e. The molecule has 0 atom stereocenters. The molecule has 0 radical (unpaired) electrons. The van der Waals surface area contributed by atoms with Gasteiger partial charge in [-0.1, -0.05) is 43.7 Å². The normalized spacial score (nSPS) is 16.5. The molecule has 4 nitrogen and oxygen atoms in total. The van der Waals surface area contributed by atoms with Gasteiger partial charge in [-0.05, 0) is 12.5 Å². The van der Waals surface area contributed by atoms with Crippen molar-refractivity contribution >= 4 is 16.7 Å². The smallest absolute Gasteiger partial charge is 0.205 e. The maximum Gasteiger partial charge on any atom is 0.205 e. The molecule has 2 heterocycles. The van der Waals surface area contributed by atoms with E-state index in [0.717, 1.165) is 43.7 Å². The molecule has 3 rings (SSSR count). The molecule has 118 valence electrons. The van der Waals surface area contributed by atoms with E-state index in [4.69, 9.17) is 0 Å². The lowest BCUT2D eigenvalue weighted by Gasteiger charge is -2.34. The molecule has 1 fully saturated rings. The molecule has 1 saturated heterocycles. The summed E-state index contributed by atoms with van der Waals surface area (Å²) in [5, 5.41) is 1.08. The number of aromatic nitrogens is 2. The maximum atomic E-state index is 4.67. The van der Waals surface area contributed by atoms with Gasteiger partial charge in [0, 0.05) is 50.2 Å². The zero-order valence-electron chi connectivity index (χ0n) is 13.6. The van der Waals surface area contributed by atoms with Gasteiger partial charge in [0.15, 0.2) is 0 Å². The van der Waals surface area contributed by atoms with Gasteiger partial charge >= 0.3 is 0 Å². The number of hydrogen-bond acceptors (Lipinski definition) is 5. The number of hydrogen-bond donors (Lipinski definition) is 0. The van der Waals surface area contributed by atoms with Crippen molar-refractivity contribution in [2.24, 2.45) is 0 Å². The molecule has 1 aliphatic heterocycles. The van der Waals surface area contributed by atoms with Crippen LogP contribution >= 0.6 is 11.5 Å². The van der Waals surface area contributed by atoms with Gasteiger partial charge in [0.05, 0.1) is 0 Å². The number of piperazine rings is 1. The highest BCUT2D eigenvalue weighted by molar-refractivity contribution is 7.09. The second kappa shape index (κ2) is 6.75. The van der Waals surface area contributed by atoms with Gasteiger partial charge < -0.3 is 4.90 Å². The van der Waals surface area contributed by atoms with Crippen LogP contribution in [0.4, 0.5) is 5.13 Å². The summed E-state index contributed by atoms with van der Waals surface area (Å²) in [6.45, 7) is 11.7. The van der Waals surface area contributed by atoms with Crippen molar-refractivity contribution in [3.63, 3.8) is 0 Å². The number of benzene rings is 1. The number of aryl methyl sites for hydroxylation is 1. The van der Waals surface area contributed by atoms with Gasteiger partial charge in [0.25, 0.3) is 0 Å². The molecule has 0 spiro atoms. The summed E-state index contributed by atoms with van der Waals surface area (Å²) in [4.78, 5) is 9.56. The number of rotatable bonds is 4. The molecule has 0 amide bonds. The summed E-state index contributed by atoms with van der Waals surface area (Å²) >= 11 is 1.54. The highest BCUT2D eigenvalue weighted by atomic mass is 32.1. The predicted octanol–water partition coefficient (Wildman–Crippen LogP) is 3.29. The first-order chi connectivity index (χ1) is 10.6. The molecule has 22 heavy (non-hydrogen) atoms. The average Bonchev–Trinajstić information content (AvgIpc) is 2.98. The minimum absolute atomic E-state index is 0.410. The van der Waals surface area contributed by atoms with Crippen molar-refractivity contribution in [2.75, 3.05) is 31.1 Å². The van der Waals surface area contributed by atoms with E-state index in [1.165, 1.54) is 22.7 Å². The summed E-state index contributed by atoms with van der Waals surface area (Å²) in [7, 11) is 0. The van der Waals surface area contributed by atoms with Crippen molar-refractivity contribution < 1.29 is 0 Å². The second-order valence-corrected chi connectivity index (χ2v) is 7.07. The van der Waals surface area contributed by atoms with Crippen LogP contribution in [0.5, 0.6) is 0 Å². The van der Waals surface area contributed by atoms with Crippen molar-refractivity contribution in [1.29, 1.82) is 0 Å². The number of anilines is 1. The highest BCUT2D eigenvalue weighted by Crippen LogP contribution is 2.22. The van der Waals surface area contributed by atoms with E-state index in [2.05, 4.69) is 64.2 Å². The highest BCUT2D eigenvalue weighted by Gasteiger charge is 2.20. The first-order valence-corrected chi connectivity index (χ1v) is 8.75. The predicted molar refractivity (Wildman–Crippen MR) is 92.7 cm³/mol. The topological polar surface area (TPSA) is 32.3 Å². The fourth-order valence-electron chi connectivity index (χ4n) is 2.76. The van der Waals surface area contributed by atoms with Crippen molar-refractivity contribution in [3.05, 3.63) is 41.2 Å². The minimum atomic E-state index is 0.410. The molecule has 1 aromatic heterocycles. The lowest BCUT2D eigenvalue weighted by molar-refractivity contribution is 0.250. The van der Waals surface area contributed by atoms with E-state index >= 15 is 0 Å². The molecule has 0 aliphatic carbocycles. The maximum absolute atomic E-state index is 4.67. The lowest BCUT2D eigenvalue weighted by Crippen LogP contribution is -2.45. The Morgan fingerprint density at radius 3 is 2.59 bits per heavy atom. The third-order valence-corrected chi connectivity index (χ3v) is 4.87. The van der Waals surface area contributed by atoms with Crippen LogP contribution < -0.4 is 4.90 Å². The Balaban J connectivity index is 1.55. The van der Waals surface area contributed by atoms with E-state index < -0.39 is 0 Å². The van der Waals surface area contributed by atoms with Gasteiger partial charge in [-0.2, -0.15) is 4.37 Å². The Morgan fingerprint density at radius 2 is 1.95 bits per heavy atom. The fraction of sp³-hybridized carbons (Fsp3) is 0.529. The molecular formula is C17H24N4S. The van der Waals surface area contributed by atoms with E-state index in [-0.39, 0.29) is 0 Å². The van der Waals surface area contributed by atoms with Crippen LogP contribution in [0.3, 0.4) is 0 Å². The van der Waals surface area contributed by atoms with Crippen LogP contribution in [0, 0.1) is 6.92 Å². The lowest BCUT2D eigenvalue weighted by atomic mass is 10.1. The number of nitrogens with zero attached hydrogens (tertiary/aromatic N) is 4. The van der Waals surface area contributed by atoms with Crippen molar-refractivity contribution in [2.45, 2.75) is 33.2 Å². The Labute approximate surface area is 137 Å². The van der Waals surface area contributed by atoms with Crippen LogP contribution in [-0.4, -0.2) is 40.4 Å². The molecule has 0 bridgehead atoms. The molecular weight excluding hydrogens is 292 g/mol. The molecule has 0 N–H and O–H groups in total. The Morgan fingerprint density at radius 1 is 1.18 bits per heavy atom. The minimum Gasteiger partial charge on any atom is -0.344 e. The molecule has 1 aliphatic rings. The standard InChI is InChI=1S/C17H24N4S/c1-13(2)16-18-17(22-19-16)21-9-7-20(8-10-21)12-15-6-4-5-14(3)11-15/h4-6,11,13H,7-10,12H2,1-3H3. The van der Waals surface area contributed by atoms with E-state index in [0.29, 0.717) is 5.92 Å².